The molecule has 0 unspecified atom stereocenters. The van der Waals surface area contributed by atoms with Gasteiger partial charge >= 0.3 is 0 Å². The van der Waals surface area contributed by atoms with E-state index in [0.29, 0.717) is 33.8 Å². The molecule has 0 fully saturated rings. The van der Waals surface area contributed by atoms with Gasteiger partial charge in [-0.05, 0) is 36.4 Å². The third-order valence-electron chi connectivity index (χ3n) is 4.28. The Labute approximate surface area is 177 Å². The zero-order valence-corrected chi connectivity index (χ0v) is 17.4. The number of imidazole rings is 1. The molecule has 0 saturated carbocycles. The number of nitrogens with zero attached hydrogens (tertiary/aromatic N) is 5. The molecule has 0 saturated heterocycles. The monoisotopic (exact) mass is 422 g/mol. The fourth-order valence-electron chi connectivity index (χ4n) is 2.69. The number of carbonyl (C=O) groups excluding carboxylic acids is 1. The molecule has 0 aliphatic heterocycles. The molecule has 1 aromatic carbocycles. The van der Waals surface area contributed by atoms with Crippen LogP contribution >= 0.6 is 11.6 Å². The van der Waals surface area contributed by atoms with Crippen molar-refractivity contribution in [3.05, 3.63) is 71.7 Å². The lowest BCUT2D eigenvalue weighted by Crippen LogP contribution is -2.13. The molecular weight excluding hydrogens is 404 g/mol. The first-order valence-corrected chi connectivity index (χ1v) is 9.60. The Morgan fingerprint density at radius 2 is 1.90 bits per heavy atom. The lowest BCUT2D eigenvalue weighted by Gasteiger charge is -2.11. The summed E-state index contributed by atoms with van der Waals surface area (Å²) in [4.78, 5) is 25.6. The molecule has 1 N–H and O–H groups in total. The van der Waals surface area contributed by atoms with Gasteiger partial charge in [0.2, 0.25) is 0 Å². The van der Waals surface area contributed by atoms with Gasteiger partial charge in [0.15, 0.2) is 11.6 Å². The van der Waals surface area contributed by atoms with Crippen molar-refractivity contribution in [1.29, 1.82) is 0 Å². The minimum Gasteiger partial charge on any atom is -0.334 e. The number of amides is 1. The highest BCUT2D eigenvalue weighted by Gasteiger charge is 2.23. The number of hydrogen-bond donors (Lipinski definition) is 1. The number of hydrogen-bond acceptors (Lipinski definition) is 6. The number of aromatic nitrogens is 5. The predicted octanol–water partition coefficient (Wildman–Crippen LogP) is 4.52. The average molecular weight is 423 g/mol. The van der Waals surface area contributed by atoms with E-state index < -0.39 is 0 Å². The van der Waals surface area contributed by atoms with Crippen molar-refractivity contribution < 1.29 is 9.32 Å². The van der Waals surface area contributed by atoms with Crippen molar-refractivity contribution in [3.8, 4) is 17.3 Å². The Morgan fingerprint density at radius 3 is 2.60 bits per heavy atom. The second-order valence-corrected chi connectivity index (χ2v) is 8.11. The average Bonchev–Trinajstić information content (AvgIpc) is 3.39. The predicted molar refractivity (Wildman–Crippen MR) is 113 cm³/mol. The van der Waals surface area contributed by atoms with E-state index >= 15 is 0 Å². The van der Waals surface area contributed by atoms with Gasteiger partial charge in [-0.3, -0.25) is 9.36 Å². The quantitative estimate of drug-likeness (QED) is 0.519. The van der Waals surface area contributed by atoms with Gasteiger partial charge in [-0.15, -0.1) is 0 Å². The number of pyridine rings is 1. The summed E-state index contributed by atoms with van der Waals surface area (Å²) in [5.74, 6) is 1.13. The molecule has 3 aromatic heterocycles. The van der Waals surface area contributed by atoms with Crippen LogP contribution < -0.4 is 5.32 Å². The van der Waals surface area contributed by atoms with Crippen LogP contribution in [-0.4, -0.2) is 30.6 Å². The third-order valence-corrected chi connectivity index (χ3v) is 4.53. The van der Waals surface area contributed by atoms with Crippen LogP contribution in [0.4, 0.5) is 5.69 Å². The molecule has 3 heterocycles. The Hall–Kier alpha value is -3.52. The van der Waals surface area contributed by atoms with Gasteiger partial charge in [-0.25, -0.2) is 9.97 Å². The summed E-state index contributed by atoms with van der Waals surface area (Å²) in [6, 6.07) is 10.5. The van der Waals surface area contributed by atoms with Crippen LogP contribution in [0.2, 0.25) is 5.02 Å². The first-order valence-electron chi connectivity index (χ1n) is 9.22. The summed E-state index contributed by atoms with van der Waals surface area (Å²) in [7, 11) is 0. The van der Waals surface area contributed by atoms with Gasteiger partial charge in [0.05, 0.1) is 5.56 Å². The van der Waals surface area contributed by atoms with Crippen LogP contribution in [0.15, 0.2) is 59.6 Å². The van der Waals surface area contributed by atoms with Crippen LogP contribution in [0.1, 0.15) is 37.1 Å². The second kappa shape index (κ2) is 7.72. The Balaban J connectivity index is 1.62. The van der Waals surface area contributed by atoms with E-state index in [1.165, 1.54) is 6.33 Å². The summed E-state index contributed by atoms with van der Waals surface area (Å²) in [6.07, 6.45) is 4.76. The van der Waals surface area contributed by atoms with Crippen LogP contribution in [0.25, 0.3) is 17.3 Å². The molecule has 4 aromatic rings. The van der Waals surface area contributed by atoms with Crippen molar-refractivity contribution in [2.75, 3.05) is 5.32 Å². The molecule has 0 spiro atoms. The van der Waals surface area contributed by atoms with Crippen LogP contribution in [-0.2, 0) is 5.41 Å². The Morgan fingerprint density at radius 1 is 1.13 bits per heavy atom. The highest BCUT2D eigenvalue weighted by molar-refractivity contribution is 6.30. The third kappa shape index (κ3) is 4.08. The van der Waals surface area contributed by atoms with Gasteiger partial charge in [-0.1, -0.05) is 37.5 Å². The molecule has 0 aliphatic carbocycles. The standard InChI is InChI=1S/C21H19ClN6O2/c1-21(2,3)20-26-19(30-27-20)15-5-4-10-23-17(15)28-11-16(24-12-28)18(29)25-14-8-6-13(22)7-9-14/h4-12H,1-3H3,(H,25,29). The van der Waals surface area contributed by atoms with E-state index in [2.05, 4.69) is 25.4 Å². The minimum absolute atomic E-state index is 0.238. The zero-order chi connectivity index (χ0) is 21.3. The van der Waals surface area contributed by atoms with E-state index in [-0.39, 0.29) is 17.0 Å². The van der Waals surface area contributed by atoms with Crippen LogP contribution in [0.3, 0.4) is 0 Å². The highest BCUT2D eigenvalue weighted by atomic mass is 35.5. The van der Waals surface area contributed by atoms with Crippen molar-refractivity contribution in [2.45, 2.75) is 26.2 Å². The molecule has 30 heavy (non-hydrogen) atoms. The Bertz CT molecular complexity index is 1190. The number of nitrogens with one attached hydrogen (secondary N) is 1. The molecule has 4 rings (SSSR count). The normalized spacial score (nSPS) is 11.5. The van der Waals surface area contributed by atoms with Crippen molar-refractivity contribution in [2.24, 2.45) is 0 Å². The zero-order valence-electron chi connectivity index (χ0n) is 16.6. The maximum Gasteiger partial charge on any atom is 0.275 e. The Kier molecular flexibility index (Phi) is 5.09. The smallest absolute Gasteiger partial charge is 0.275 e. The topological polar surface area (TPSA) is 98.7 Å². The molecule has 0 bridgehead atoms. The highest BCUT2D eigenvalue weighted by Crippen LogP contribution is 2.27. The summed E-state index contributed by atoms with van der Waals surface area (Å²) in [5.41, 5.74) is 1.26. The van der Waals surface area contributed by atoms with Gasteiger partial charge in [0, 0.05) is 28.5 Å². The summed E-state index contributed by atoms with van der Waals surface area (Å²) in [5, 5.41) is 7.45. The second-order valence-electron chi connectivity index (χ2n) is 7.67. The number of anilines is 1. The molecular formula is C21H19ClN6O2. The lowest BCUT2D eigenvalue weighted by molar-refractivity contribution is 0.102. The molecule has 9 heteroatoms. The fraction of sp³-hybridized carbons (Fsp3) is 0.190. The molecule has 1 amide bonds. The maximum absolute atomic E-state index is 12.5. The number of rotatable bonds is 4. The number of halogens is 1. The van der Waals surface area contributed by atoms with Gasteiger partial charge in [-0.2, -0.15) is 4.98 Å². The first kappa shape index (κ1) is 19.8. The molecule has 0 atom stereocenters. The summed E-state index contributed by atoms with van der Waals surface area (Å²) < 4.78 is 7.10. The van der Waals surface area contributed by atoms with Crippen LogP contribution in [0.5, 0.6) is 0 Å². The molecule has 152 valence electrons. The van der Waals surface area contributed by atoms with Gasteiger partial charge in [0.1, 0.15) is 12.0 Å². The maximum atomic E-state index is 12.5. The molecule has 0 aliphatic rings. The fourth-order valence-corrected chi connectivity index (χ4v) is 2.82. The molecule has 0 radical (unpaired) electrons. The van der Waals surface area contributed by atoms with E-state index in [4.69, 9.17) is 16.1 Å². The van der Waals surface area contributed by atoms with Crippen LogP contribution in [0, 0.1) is 0 Å². The van der Waals surface area contributed by atoms with Gasteiger partial charge in [0.25, 0.3) is 11.8 Å². The summed E-state index contributed by atoms with van der Waals surface area (Å²) in [6.45, 7) is 6.02. The number of carbonyl (C=O) groups is 1. The van der Waals surface area contributed by atoms with E-state index in [1.54, 1.807) is 47.3 Å². The SMILES string of the molecule is CC(C)(C)c1noc(-c2cccnc2-n2cnc(C(=O)Nc3ccc(Cl)cc3)c2)n1. The number of benzene rings is 1. The molecule has 8 nitrogen and oxygen atoms in total. The van der Waals surface area contributed by atoms with Crippen molar-refractivity contribution in [3.63, 3.8) is 0 Å². The minimum atomic E-state index is -0.346. The van der Waals surface area contributed by atoms with Gasteiger partial charge < -0.3 is 9.84 Å². The largest absolute Gasteiger partial charge is 0.334 e. The first-order chi connectivity index (χ1) is 14.3. The lowest BCUT2D eigenvalue weighted by atomic mass is 9.96. The van der Waals surface area contributed by atoms with E-state index in [9.17, 15) is 4.79 Å². The van der Waals surface area contributed by atoms with Crippen molar-refractivity contribution >= 4 is 23.2 Å². The van der Waals surface area contributed by atoms with Crippen molar-refractivity contribution in [1.82, 2.24) is 24.7 Å². The summed E-state index contributed by atoms with van der Waals surface area (Å²) >= 11 is 5.88. The van der Waals surface area contributed by atoms with E-state index in [0.717, 1.165) is 0 Å². The van der Waals surface area contributed by atoms with E-state index in [1.807, 2.05) is 26.8 Å².